The molecule has 0 aliphatic rings. The van der Waals surface area contributed by atoms with E-state index in [-0.39, 0.29) is 0 Å². The molecule has 10 heavy (non-hydrogen) atoms. The maximum Gasteiger partial charge on any atom is 0.252 e. The van der Waals surface area contributed by atoms with Crippen LogP contribution in [0.2, 0.25) is 0 Å². The lowest BCUT2D eigenvalue weighted by atomic mass is 10.5. The molecule has 0 aromatic heterocycles. The van der Waals surface area contributed by atoms with E-state index in [1.807, 2.05) is 0 Å². The molecule has 5 heteroatoms. The third-order valence-corrected chi connectivity index (χ3v) is 0.864. The highest BCUT2D eigenvalue weighted by Gasteiger charge is 2.11. The van der Waals surface area contributed by atoms with Crippen molar-refractivity contribution in [3.63, 3.8) is 0 Å². The first kappa shape index (κ1) is 9.45. The van der Waals surface area contributed by atoms with Crippen LogP contribution in [0.25, 0.3) is 0 Å². The van der Waals surface area contributed by atoms with Crippen molar-refractivity contribution in [1.82, 2.24) is 0 Å². The van der Waals surface area contributed by atoms with Crippen molar-refractivity contribution in [1.29, 1.82) is 0 Å². The molecule has 0 aromatic rings. The van der Waals surface area contributed by atoms with Crippen molar-refractivity contribution in [2.75, 3.05) is 0 Å². The van der Waals surface area contributed by atoms with E-state index in [0.717, 1.165) is 6.26 Å². The summed E-state index contributed by atoms with van der Waals surface area (Å²) in [5.41, 5.74) is 0. The second kappa shape index (κ2) is 4.29. The molecule has 0 rings (SSSR count). The van der Waals surface area contributed by atoms with Crippen LogP contribution in [-0.4, -0.2) is 0 Å². The van der Waals surface area contributed by atoms with Gasteiger partial charge < -0.3 is 0 Å². The predicted molar refractivity (Wildman–Crippen MR) is 25.0 cm³/mol. The van der Waals surface area contributed by atoms with Gasteiger partial charge in [-0.25, -0.2) is 0 Å². The number of rotatable bonds is 3. The average Bonchev–Trinajstić information content (AvgIpc) is 1.78. The molecule has 0 spiro atoms. The molecule has 0 aliphatic carbocycles. The monoisotopic (exact) mass is 166 g/mol. The molecular formula is C5H7ClO4. The SMILES string of the molecule is CC=C/C=C/O[Cl+3]([O-])([O-])[O-]. The summed E-state index contributed by atoms with van der Waals surface area (Å²) in [5.74, 6) is 0. The number of allylic oxidation sites excluding steroid dienone is 3. The second-order valence-electron chi connectivity index (χ2n) is 1.32. The number of hydrogen-bond donors (Lipinski definition) is 0. The molecule has 58 valence electrons. The highest BCUT2D eigenvalue weighted by atomic mass is 35.7. The summed E-state index contributed by atoms with van der Waals surface area (Å²) in [4.78, 5) is 0. The molecule has 0 fully saturated rings. The first-order chi connectivity index (χ1) is 4.56. The molecule has 0 atom stereocenters. The zero-order chi connectivity index (χ0) is 8.04. The van der Waals surface area contributed by atoms with Crippen LogP contribution >= 0.6 is 0 Å². The Morgan fingerprint density at radius 2 is 1.80 bits per heavy atom. The summed E-state index contributed by atoms with van der Waals surface area (Å²) in [6.07, 6.45) is 5.28. The fourth-order valence-electron chi connectivity index (χ4n) is 0.249. The molecule has 0 N–H and O–H groups in total. The molecule has 0 saturated heterocycles. The zero-order valence-electron chi connectivity index (χ0n) is 5.32. The van der Waals surface area contributed by atoms with Crippen molar-refractivity contribution < 1.29 is 28.5 Å². The highest BCUT2D eigenvalue weighted by molar-refractivity contribution is 4.97. The van der Waals surface area contributed by atoms with Gasteiger partial charge in [0.1, 0.15) is 10.2 Å². The molecule has 4 nitrogen and oxygen atoms in total. The highest BCUT2D eigenvalue weighted by Crippen LogP contribution is 1.88. The maximum absolute atomic E-state index is 9.71. The van der Waals surface area contributed by atoms with E-state index in [1.165, 1.54) is 12.2 Å². The fourth-order valence-corrected chi connectivity index (χ4v) is 0.435. The van der Waals surface area contributed by atoms with Crippen LogP contribution in [0.5, 0.6) is 0 Å². The maximum atomic E-state index is 9.71. The van der Waals surface area contributed by atoms with Gasteiger partial charge in [0, 0.05) is 0 Å². The summed E-state index contributed by atoms with van der Waals surface area (Å²) >= 11 is 0. The van der Waals surface area contributed by atoms with Crippen LogP contribution in [0, 0.1) is 10.2 Å². The van der Waals surface area contributed by atoms with E-state index in [4.69, 9.17) is 0 Å². The van der Waals surface area contributed by atoms with Crippen LogP contribution in [0.3, 0.4) is 0 Å². The summed E-state index contributed by atoms with van der Waals surface area (Å²) in [5, 5.41) is 0. The molecule has 0 aromatic carbocycles. The largest absolute Gasteiger partial charge is 0.252 e. The summed E-state index contributed by atoms with van der Waals surface area (Å²) in [6.45, 7) is 1.74. The fraction of sp³-hybridized carbons (Fsp3) is 0.200. The van der Waals surface area contributed by atoms with E-state index < -0.39 is 10.2 Å². The Morgan fingerprint density at radius 3 is 2.20 bits per heavy atom. The molecule has 0 unspecified atom stereocenters. The smallest absolute Gasteiger partial charge is 0.167 e. The van der Waals surface area contributed by atoms with Gasteiger partial charge in [-0.15, -0.1) is 0 Å². The van der Waals surface area contributed by atoms with Gasteiger partial charge in [0.25, 0.3) is 6.26 Å². The minimum absolute atomic E-state index is 0.796. The van der Waals surface area contributed by atoms with Crippen LogP contribution in [0.4, 0.5) is 0 Å². The van der Waals surface area contributed by atoms with E-state index in [2.05, 4.69) is 4.29 Å². The summed E-state index contributed by atoms with van der Waals surface area (Å²) < 4.78 is 32.8. The van der Waals surface area contributed by atoms with E-state index in [9.17, 15) is 14.0 Å². The Bertz CT molecular complexity index is 135. The first-order valence-corrected chi connectivity index (χ1v) is 3.66. The third kappa shape index (κ3) is 7.45. The van der Waals surface area contributed by atoms with Crippen LogP contribution in [0.15, 0.2) is 24.5 Å². The first-order valence-electron chi connectivity index (χ1n) is 2.43. The average molecular weight is 167 g/mol. The molecular weight excluding hydrogens is 160 g/mol. The van der Waals surface area contributed by atoms with E-state index in [1.54, 1.807) is 13.0 Å². The second-order valence-corrected chi connectivity index (χ2v) is 2.26. The van der Waals surface area contributed by atoms with Gasteiger partial charge in [-0.3, -0.25) is 0 Å². The molecule has 0 radical (unpaired) electrons. The normalized spacial score (nSPS) is 13.2. The van der Waals surface area contributed by atoms with Gasteiger partial charge in [0.2, 0.25) is 0 Å². The lowest BCUT2D eigenvalue weighted by Gasteiger charge is -2.08. The van der Waals surface area contributed by atoms with Crippen molar-refractivity contribution in [3.8, 4) is 0 Å². The third-order valence-electron chi connectivity index (χ3n) is 0.543. The lowest BCUT2D eigenvalue weighted by molar-refractivity contribution is -1.92. The van der Waals surface area contributed by atoms with E-state index in [0.29, 0.717) is 0 Å². The Labute approximate surface area is 60.8 Å². The number of halogens is 1. The van der Waals surface area contributed by atoms with Gasteiger partial charge in [-0.05, 0) is 13.0 Å². The minimum atomic E-state index is -4.32. The molecule has 0 heterocycles. The van der Waals surface area contributed by atoms with Gasteiger partial charge in [-0.2, -0.15) is 14.0 Å². The lowest BCUT2D eigenvalue weighted by Crippen LogP contribution is -2.60. The Morgan fingerprint density at radius 1 is 1.20 bits per heavy atom. The Hall–Kier alpha value is -0.550. The summed E-state index contributed by atoms with van der Waals surface area (Å²) in [6, 6.07) is 0. The standard InChI is InChI=1S/C5H7ClO4/c1-2-3-4-5-10-6(7,8)9/h2-5H,1H3/b3-2?,5-4+. The van der Waals surface area contributed by atoms with Gasteiger partial charge in [0.15, 0.2) is 0 Å². The van der Waals surface area contributed by atoms with Crippen molar-refractivity contribution in [2.45, 2.75) is 6.92 Å². The Balaban J connectivity index is 3.54. The predicted octanol–water partition coefficient (Wildman–Crippen LogP) is -2.01. The van der Waals surface area contributed by atoms with Crippen LogP contribution in [0.1, 0.15) is 6.92 Å². The molecule has 0 saturated carbocycles. The van der Waals surface area contributed by atoms with Crippen LogP contribution < -0.4 is 14.0 Å². The Kier molecular flexibility index (Phi) is 4.06. The van der Waals surface area contributed by atoms with Crippen LogP contribution in [-0.2, 0) is 4.29 Å². The van der Waals surface area contributed by atoms with Gasteiger partial charge in [-0.1, -0.05) is 16.4 Å². The minimum Gasteiger partial charge on any atom is -0.167 e. The summed E-state index contributed by atoms with van der Waals surface area (Å²) in [7, 11) is -4.32. The molecule has 0 aliphatic heterocycles. The molecule has 0 amide bonds. The van der Waals surface area contributed by atoms with Crippen molar-refractivity contribution in [2.24, 2.45) is 0 Å². The zero-order valence-corrected chi connectivity index (χ0v) is 6.08. The topological polar surface area (TPSA) is 78.4 Å². The van der Waals surface area contributed by atoms with E-state index >= 15 is 0 Å². The molecule has 0 bridgehead atoms. The quantitative estimate of drug-likeness (QED) is 0.359. The van der Waals surface area contributed by atoms with Crippen molar-refractivity contribution >= 4 is 0 Å². The number of hydrogen-bond acceptors (Lipinski definition) is 4. The van der Waals surface area contributed by atoms with Gasteiger partial charge in [0.05, 0.1) is 0 Å². The van der Waals surface area contributed by atoms with Gasteiger partial charge >= 0.3 is 0 Å². The van der Waals surface area contributed by atoms with Crippen molar-refractivity contribution in [3.05, 3.63) is 24.5 Å².